The lowest BCUT2D eigenvalue weighted by Crippen LogP contribution is -2.48. The molecule has 2 aromatic rings. The zero-order valence-electron chi connectivity index (χ0n) is 11.3. The van der Waals surface area contributed by atoms with Gasteiger partial charge in [-0.25, -0.2) is 0 Å². The molecule has 3 nitrogen and oxygen atoms in total. The van der Waals surface area contributed by atoms with E-state index in [2.05, 4.69) is 45.1 Å². The predicted octanol–water partition coefficient (Wildman–Crippen LogP) is 2.58. The van der Waals surface area contributed by atoms with E-state index in [-0.39, 0.29) is 0 Å². The van der Waals surface area contributed by atoms with E-state index in [9.17, 15) is 0 Å². The van der Waals surface area contributed by atoms with Gasteiger partial charge in [-0.3, -0.25) is 4.98 Å². The lowest BCUT2D eigenvalue weighted by atomic mass is 10.2. The standard InChI is InChI=1S/C16H17N3S/c20-16(15-8-4-5-9-17-15)19-12-10-18(11-13-19)14-6-2-1-3-7-14/h1-9H,10-13H2. The smallest absolute Gasteiger partial charge is 0.128 e. The highest BCUT2D eigenvalue weighted by Gasteiger charge is 2.20. The number of hydrogen-bond acceptors (Lipinski definition) is 3. The number of anilines is 1. The number of thiocarbonyl (C=S) groups is 1. The van der Waals surface area contributed by atoms with Crippen molar-refractivity contribution >= 4 is 22.9 Å². The Bertz CT molecular complexity index is 563. The number of para-hydroxylation sites is 1. The van der Waals surface area contributed by atoms with E-state index in [0.29, 0.717) is 0 Å². The second kappa shape index (κ2) is 6.01. The van der Waals surface area contributed by atoms with E-state index >= 15 is 0 Å². The quantitative estimate of drug-likeness (QED) is 0.789. The van der Waals surface area contributed by atoms with Crippen LogP contribution in [0.3, 0.4) is 0 Å². The first-order valence-corrected chi connectivity index (χ1v) is 7.26. The molecule has 102 valence electrons. The third kappa shape index (κ3) is 2.80. The number of aromatic nitrogens is 1. The molecular formula is C16H17N3S. The van der Waals surface area contributed by atoms with Gasteiger partial charge in [-0.05, 0) is 24.3 Å². The van der Waals surface area contributed by atoms with Crippen LogP contribution in [-0.4, -0.2) is 41.1 Å². The molecule has 2 heterocycles. The monoisotopic (exact) mass is 283 g/mol. The Labute approximate surface area is 124 Å². The zero-order chi connectivity index (χ0) is 13.8. The number of rotatable bonds is 2. The van der Waals surface area contributed by atoms with Gasteiger partial charge in [0.1, 0.15) is 4.99 Å². The Kier molecular flexibility index (Phi) is 3.92. The number of hydrogen-bond donors (Lipinski definition) is 0. The van der Waals surface area contributed by atoms with Gasteiger partial charge in [0, 0.05) is 38.1 Å². The maximum Gasteiger partial charge on any atom is 0.128 e. The fourth-order valence-corrected chi connectivity index (χ4v) is 2.76. The van der Waals surface area contributed by atoms with Crippen LogP contribution in [0, 0.1) is 0 Å². The minimum Gasteiger partial charge on any atom is -0.368 e. The van der Waals surface area contributed by atoms with Crippen LogP contribution in [0.2, 0.25) is 0 Å². The molecule has 0 spiro atoms. The van der Waals surface area contributed by atoms with Crippen molar-refractivity contribution in [3.8, 4) is 0 Å². The maximum absolute atomic E-state index is 5.54. The van der Waals surface area contributed by atoms with Gasteiger partial charge >= 0.3 is 0 Å². The van der Waals surface area contributed by atoms with Gasteiger partial charge in [-0.2, -0.15) is 0 Å². The van der Waals surface area contributed by atoms with Crippen molar-refractivity contribution in [3.05, 3.63) is 60.4 Å². The van der Waals surface area contributed by atoms with E-state index in [1.807, 2.05) is 18.2 Å². The van der Waals surface area contributed by atoms with Crippen LogP contribution in [0.25, 0.3) is 0 Å². The fourth-order valence-electron chi connectivity index (χ4n) is 2.46. The fraction of sp³-hybridized carbons (Fsp3) is 0.250. The number of piperazine rings is 1. The van der Waals surface area contributed by atoms with Gasteiger partial charge < -0.3 is 9.80 Å². The van der Waals surface area contributed by atoms with Crippen LogP contribution in [-0.2, 0) is 0 Å². The average molecular weight is 283 g/mol. The first-order chi connectivity index (χ1) is 9.84. The van der Waals surface area contributed by atoms with Crippen molar-refractivity contribution < 1.29 is 0 Å². The normalized spacial score (nSPS) is 15.2. The average Bonchev–Trinajstić information content (AvgIpc) is 2.56. The molecule has 3 rings (SSSR count). The molecule has 4 heteroatoms. The summed E-state index contributed by atoms with van der Waals surface area (Å²) < 4.78 is 0. The summed E-state index contributed by atoms with van der Waals surface area (Å²) in [6, 6.07) is 16.4. The van der Waals surface area contributed by atoms with Crippen LogP contribution >= 0.6 is 12.2 Å². The topological polar surface area (TPSA) is 19.4 Å². The summed E-state index contributed by atoms with van der Waals surface area (Å²) >= 11 is 5.54. The largest absolute Gasteiger partial charge is 0.368 e. The highest BCUT2D eigenvalue weighted by molar-refractivity contribution is 7.80. The van der Waals surface area contributed by atoms with Crippen molar-refractivity contribution in [1.82, 2.24) is 9.88 Å². The minimum atomic E-state index is 0.860. The number of pyridine rings is 1. The molecule has 20 heavy (non-hydrogen) atoms. The molecule has 1 aliphatic rings. The van der Waals surface area contributed by atoms with Crippen molar-refractivity contribution in [1.29, 1.82) is 0 Å². The highest BCUT2D eigenvalue weighted by Crippen LogP contribution is 2.16. The van der Waals surface area contributed by atoms with Crippen LogP contribution in [0.4, 0.5) is 5.69 Å². The molecule has 0 N–H and O–H groups in total. The molecule has 0 aliphatic carbocycles. The summed E-state index contributed by atoms with van der Waals surface area (Å²) in [5.74, 6) is 0. The van der Waals surface area contributed by atoms with Gasteiger partial charge in [-0.15, -0.1) is 0 Å². The van der Waals surface area contributed by atoms with Gasteiger partial charge in [0.2, 0.25) is 0 Å². The third-order valence-corrected chi connectivity index (χ3v) is 4.04. The molecule has 1 aromatic carbocycles. The first-order valence-electron chi connectivity index (χ1n) is 6.85. The third-order valence-electron chi connectivity index (χ3n) is 3.57. The molecule has 1 saturated heterocycles. The number of benzene rings is 1. The molecule has 1 aliphatic heterocycles. The number of nitrogens with zero attached hydrogens (tertiary/aromatic N) is 3. The predicted molar refractivity (Wildman–Crippen MR) is 86.2 cm³/mol. The van der Waals surface area contributed by atoms with Crippen LogP contribution in [0.15, 0.2) is 54.7 Å². The van der Waals surface area contributed by atoms with E-state index < -0.39 is 0 Å². The lowest BCUT2D eigenvalue weighted by Gasteiger charge is -2.37. The highest BCUT2D eigenvalue weighted by atomic mass is 32.1. The molecule has 0 atom stereocenters. The van der Waals surface area contributed by atoms with Crippen LogP contribution in [0.1, 0.15) is 5.69 Å². The van der Waals surface area contributed by atoms with Gasteiger partial charge in [0.25, 0.3) is 0 Å². The Balaban J connectivity index is 1.63. The lowest BCUT2D eigenvalue weighted by molar-refractivity contribution is 0.391. The molecule has 0 unspecified atom stereocenters. The van der Waals surface area contributed by atoms with E-state index in [1.54, 1.807) is 6.20 Å². The van der Waals surface area contributed by atoms with Crippen molar-refractivity contribution in [3.63, 3.8) is 0 Å². The van der Waals surface area contributed by atoms with E-state index in [1.165, 1.54) is 5.69 Å². The summed E-state index contributed by atoms with van der Waals surface area (Å²) in [6.07, 6.45) is 1.79. The van der Waals surface area contributed by atoms with Crippen LogP contribution < -0.4 is 4.90 Å². The second-order valence-corrected chi connectivity index (χ2v) is 5.22. The van der Waals surface area contributed by atoms with Gasteiger partial charge in [0.15, 0.2) is 0 Å². The van der Waals surface area contributed by atoms with Crippen molar-refractivity contribution in [2.45, 2.75) is 0 Å². The van der Waals surface area contributed by atoms with Crippen molar-refractivity contribution in [2.75, 3.05) is 31.1 Å². The maximum atomic E-state index is 5.54. The molecular weight excluding hydrogens is 266 g/mol. The summed E-state index contributed by atoms with van der Waals surface area (Å²) in [6.45, 7) is 3.89. The Morgan fingerprint density at radius 1 is 0.900 bits per heavy atom. The van der Waals surface area contributed by atoms with Crippen LogP contribution in [0.5, 0.6) is 0 Å². The summed E-state index contributed by atoms with van der Waals surface area (Å²) in [4.78, 5) is 9.84. The van der Waals surface area contributed by atoms with E-state index in [0.717, 1.165) is 36.9 Å². The molecule has 1 fully saturated rings. The van der Waals surface area contributed by atoms with E-state index in [4.69, 9.17) is 12.2 Å². The molecule has 1 aromatic heterocycles. The summed E-state index contributed by atoms with van der Waals surface area (Å²) in [5, 5.41) is 0. The van der Waals surface area contributed by atoms with Gasteiger partial charge in [-0.1, -0.05) is 36.5 Å². The summed E-state index contributed by atoms with van der Waals surface area (Å²) in [5.41, 5.74) is 2.19. The second-order valence-electron chi connectivity index (χ2n) is 4.83. The Morgan fingerprint density at radius 3 is 2.25 bits per heavy atom. The molecule has 0 radical (unpaired) electrons. The minimum absolute atomic E-state index is 0.860. The molecule has 0 bridgehead atoms. The molecule has 0 amide bonds. The Morgan fingerprint density at radius 2 is 1.60 bits per heavy atom. The summed E-state index contributed by atoms with van der Waals surface area (Å²) in [7, 11) is 0. The first kappa shape index (κ1) is 13.1. The molecule has 0 saturated carbocycles. The van der Waals surface area contributed by atoms with Gasteiger partial charge in [0.05, 0.1) is 5.69 Å². The Hall–Kier alpha value is -1.94. The zero-order valence-corrected chi connectivity index (χ0v) is 12.1. The van der Waals surface area contributed by atoms with Crippen molar-refractivity contribution in [2.24, 2.45) is 0 Å². The SMILES string of the molecule is S=C(c1ccccn1)N1CCN(c2ccccc2)CC1.